The molecule has 31 heavy (non-hydrogen) atoms. The maximum atomic E-state index is 13.1. The lowest BCUT2D eigenvalue weighted by Gasteiger charge is -2.27. The Bertz CT molecular complexity index is 1030. The number of benzene rings is 2. The van der Waals surface area contributed by atoms with Crippen LogP contribution in [0.3, 0.4) is 0 Å². The highest BCUT2D eigenvalue weighted by molar-refractivity contribution is 6.46. The van der Waals surface area contributed by atoms with Crippen LogP contribution in [0.2, 0.25) is 0 Å². The second kappa shape index (κ2) is 9.22. The van der Waals surface area contributed by atoms with E-state index in [0.717, 1.165) is 5.56 Å². The molecule has 2 aromatic rings. The molecule has 0 spiro atoms. The van der Waals surface area contributed by atoms with Gasteiger partial charge in [-0.25, -0.2) is 0 Å². The highest BCUT2D eigenvalue weighted by Crippen LogP contribution is 2.42. The Balaban J connectivity index is 2.20. The number of rotatable bonds is 7. The van der Waals surface area contributed by atoms with Gasteiger partial charge in [-0.05, 0) is 50.8 Å². The second-order valence-corrected chi connectivity index (χ2v) is 7.72. The Labute approximate surface area is 182 Å². The van der Waals surface area contributed by atoms with Gasteiger partial charge in [-0.3, -0.25) is 9.59 Å². The summed E-state index contributed by atoms with van der Waals surface area (Å²) in [5, 5.41) is 11.2. The summed E-state index contributed by atoms with van der Waals surface area (Å²) in [7, 11) is 6.90. The van der Waals surface area contributed by atoms with Crippen LogP contribution in [0.1, 0.15) is 22.7 Å². The van der Waals surface area contributed by atoms with Crippen LogP contribution in [0.25, 0.3) is 5.76 Å². The van der Waals surface area contributed by atoms with Gasteiger partial charge in [-0.15, -0.1) is 0 Å². The fraction of sp³-hybridized carbons (Fsp3) is 0.333. The quantitative estimate of drug-likeness (QED) is 0.418. The van der Waals surface area contributed by atoms with Gasteiger partial charge in [-0.2, -0.15) is 0 Å². The van der Waals surface area contributed by atoms with Gasteiger partial charge >= 0.3 is 0 Å². The first-order valence-corrected chi connectivity index (χ1v) is 10.0. The molecule has 2 aromatic carbocycles. The number of aliphatic hydroxyl groups is 1. The summed E-state index contributed by atoms with van der Waals surface area (Å²) in [6.07, 6.45) is 0. The number of ether oxygens (including phenoxy) is 2. The molecule has 0 aromatic heterocycles. The van der Waals surface area contributed by atoms with Crippen LogP contribution >= 0.6 is 0 Å². The zero-order chi connectivity index (χ0) is 22.7. The number of carbonyl (C=O) groups excluding carboxylic acids is 2. The minimum atomic E-state index is -0.751. The number of likely N-dealkylation sites (N-methyl/N-ethyl adjacent to an activating group) is 1. The molecule has 1 N–H and O–H groups in total. The van der Waals surface area contributed by atoms with Crippen LogP contribution in [0.4, 0.5) is 0 Å². The Morgan fingerprint density at radius 3 is 2.35 bits per heavy atom. The van der Waals surface area contributed by atoms with E-state index in [2.05, 4.69) is 0 Å². The number of nitrogens with zero attached hydrogens (tertiary/aromatic N) is 2. The Kier molecular flexibility index (Phi) is 6.65. The molecule has 0 radical (unpaired) electrons. The van der Waals surface area contributed by atoms with Crippen LogP contribution in [0, 0.1) is 6.92 Å². The zero-order valence-corrected chi connectivity index (χ0v) is 18.5. The number of para-hydroxylation sites is 1. The van der Waals surface area contributed by atoms with Gasteiger partial charge in [0.1, 0.15) is 17.3 Å². The molecule has 1 saturated heterocycles. The number of carbonyl (C=O) groups is 2. The molecule has 1 amide bonds. The van der Waals surface area contributed by atoms with E-state index in [1.165, 1.54) is 12.0 Å². The highest BCUT2D eigenvalue weighted by atomic mass is 16.5. The summed E-state index contributed by atoms with van der Waals surface area (Å²) >= 11 is 0. The Hall–Kier alpha value is -3.32. The number of aliphatic hydroxyl groups excluding tert-OH is 1. The fourth-order valence-corrected chi connectivity index (χ4v) is 3.82. The summed E-state index contributed by atoms with van der Waals surface area (Å²) in [4.78, 5) is 29.5. The van der Waals surface area contributed by atoms with Crippen molar-refractivity contribution in [3.8, 4) is 11.5 Å². The van der Waals surface area contributed by atoms with Crippen molar-refractivity contribution in [2.45, 2.75) is 13.0 Å². The number of aryl methyl sites for hydroxylation is 1. The minimum absolute atomic E-state index is 0.0535. The van der Waals surface area contributed by atoms with Crippen LogP contribution in [-0.4, -0.2) is 68.0 Å². The number of methoxy groups -OCH3 is 2. The molecular formula is C24H28N2O5. The molecule has 0 bridgehead atoms. The van der Waals surface area contributed by atoms with Crippen molar-refractivity contribution in [2.75, 3.05) is 41.4 Å². The van der Waals surface area contributed by atoms with Gasteiger partial charge in [0.25, 0.3) is 11.7 Å². The summed E-state index contributed by atoms with van der Waals surface area (Å²) < 4.78 is 10.8. The summed E-state index contributed by atoms with van der Waals surface area (Å²) in [5.41, 5.74) is 1.96. The normalized spacial score (nSPS) is 18.0. The van der Waals surface area contributed by atoms with E-state index >= 15 is 0 Å². The molecule has 3 rings (SSSR count). The summed E-state index contributed by atoms with van der Waals surface area (Å²) in [6, 6.07) is 11.6. The van der Waals surface area contributed by atoms with Gasteiger partial charge < -0.3 is 24.4 Å². The van der Waals surface area contributed by atoms with Crippen molar-refractivity contribution >= 4 is 17.4 Å². The number of ketones is 1. The molecule has 1 aliphatic heterocycles. The first-order chi connectivity index (χ1) is 14.8. The predicted octanol–water partition coefficient (Wildman–Crippen LogP) is 3.00. The number of likely N-dealkylation sites (tertiary alicyclic amines) is 1. The minimum Gasteiger partial charge on any atom is -0.507 e. The summed E-state index contributed by atoms with van der Waals surface area (Å²) in [5.74, 6) is -0.345. The van der Waals surface area contributed by atoms with Crippen molar-refractivity contribution in [1.29, 1.82) is 0 Å². The van der Waals surface area contributed by atoms with E-state index in [1.54, 1.807) is 31.4 Å². The third kappa shape index (κ3) is 4.27. The zero-order valence-electron chi connectivity index (χ0n) is 18.5. The van der Waals surface area contributed by atoms with E-state index in [0.29, 0.717) is 35.7 Å². The van der Waals surface area contributed by atoms with Crippen molar-refractivity contribution in [3.05, 3.63) is 64.7 Å². The predicted molar refractivity (Wildman–Crippen MR) is 118 cm³/mol. The third-order valence-corrected chi connectivity index (χ3v) is 5.43. The van der Waals surface area contributed by atoms with E-state index in [1.807, 2.05) is 44.1 Å². The molecule has 1 fully saturated rings. The fourth-order valence-electron chi connectivity index (χ4n) is 3.82. The standard InChI is InChI=1S/C24H28N2O5/c1-15-14-16(10-11-18(15)30-4)22(27)20-21(17-8-6-7-9-19(17)31-5)26(13-12-25(2)3)24(29)23(20)28/h6-11,14,21,27H,12-13H2,1-5H3/t21-/m1/s1. The number of hydrogen-bond acceptors (Lipinski definition) is 6. The van der Waals surface area contributed by atoms with E-state index in [4.69, 9.17) is 9.47 Å². The molecule has 7 heteroatoms. The molecule has 0 saturated carbocycles. The van der Waals surface area contributed by atoms with Crippen LogP contribution < -0.4 is 9.47 Å². The average Bonchev–Trinajstić information content (AvgIpc) is 3.01. The smallest absolute Gasteiger partial charge is 0.295 e. The molecule has 1 atom stereocenters. The van der Waals surface area contributed by atoms with Gasteiger partial charge in [0, 0.05) is 24.2 Å². The maximum absolute atomic E-state index is 13.1. The Morgan fingerprint density at radius 1 is 1.06 bits per heavy atom. The van der Waals surface area contributed by atoms with Crippen molar-refractivity contribution in [1.82, 2.24) is 9.80 Å². The van der Waals surface area contributed by atoms with Gasteiger partial charge in [-0.1, -0.05) is 18.2 Å². The molecule has 0 aliphatic carbocycles. The topological polar surface area (TPSA) is 79.3 Å². The maximum Gasteiger partial charge on any atom is 0.295 e. The molecule has 1 aliphatic rings. The molecular weight excluding hydrogens is 396 g/mol. The molecule has 0 unspecified atom stereocenters. The lowest BCUT2D eigenvalue weighted by Crippen LogP contribution is -2.35. The highest BCUT2D eigenvalue weighted by Gasteiger charge is 2.46. The lowest BCUT2D eigenvalue weighted by molar-refractivity contribution is -0.140. The number of amides is 1. The first kappa shape index (κ1) is 22.4. The van der Waals surface area contributed by atoms with Crippen LogP contribution in [0.15, 0.2) is 48.0 Å². The number of Topliss-reactive ketones (excluding diaryl/α,β-unsaturated/α-hetero) is 1. The molecule has 1 heterocycles. The SMILES string of the molecule is COc1ccc(C(O)=C2C(=O)C(=O)N(CCN(C)C)[C@@H]2c2ccccc2OC)cc1C. The van der Waals surface area contributed by atoms with Crippen molar-refractivity contribution in [2.24, 2.45) is 0 Å². The van der Waals surface area contributed by atoms with Gasteiger partial charge in [0.05, 0.1) is 25.8 Å². The van der Waals surface area contributed by atoms with Crippen molar-refractivity contribution < 1.29 is 24.2 Å². The third-order valence-electron chi connectivity index (χ3n) is 5.43. The molecule has 164 valence electrons. The monoisotopic (exact) mass is 424 g/mol. The average molecular weight is 424 g/mol. The molecule has 7 nitrogen and oxygen atoms in total. The Morgan fingerprint density at radius 2 is 1.74 bits per heavy atom. The lowest BCUT2D eigenvalue weighted by atomic mass is 9.94. The van der Waals surface area contributed by atoms with Gasteiger partial charge in [0.2, 0.25) is 0 Å². The first-order valence-electron chi connectivity index (χ1n) is 10.0. The number of hydrogen-bond donors (Lipinski definition) is 1. The van der Waals surface area contributed by atoms with E-state index < -0.39 is 17.7 Å². The van der Waals surface area contributed by atoms with E-state index in [-0.39, 0.29) is 11.3 Å². The van der Waals surface area contributed by atoms with Crippen molar-refractivity contribution in [3.63, 3.8) is 0 Å². The second-order valence-electron chi connectivity index (χ2n) is 7.72. The summed E-state index contributed by atoms with van der Waals surface area (Å²) in [6.45, 7) is 2.75. The van der Waals surface area contributed by atoms with Gasteiger partial charge in [0.15, 0.2) is 0 Å². The largest absolute Gasteiger partial charge is 0.507 e. The van der Waals surface area contributed by atoms with E-state index in [9.17, 15) is 14.7 Å². The van der Waals surface area contributed by atoms with Crippen LogP contribution in [0.5, 0.6) is 11.5 Å². The van der Waals surface area contributed by atoms with Crippen LogP contribution in [-0.2, 0) is 9.59 Å².